The standard InChI is InChI=1S/C14H13N3OS/c1-2-4-12-11(3-1)16-13(18-12)9-19-14-15-7-8-17(14)10-5-6-10/h1-4,7-8,10H,5-6,9H2. The molecule has 1 aliphatic rings. The van der Waals surface area contributed by atoms with Gasteiger partial charge in [-0.15, -0.1) is 0 Å². The third-order valence-electron chi connectivity index (χ3n) is 3.24. The van der Waals surface area contributed by atoms with Crippen molar-refractivity contribution in [3.05, 3.63) is 42.5 Å². The molecule has 1 saturated carbocycles. The van der Waals surface area contributed by atoms with Crippen LogP contribution in [0.5, 0.6) is 0 Å². The second-order valence-electron chi connectivity index (χ2n) is 4.71. The van der Waals surface area contributed by atoms with E-state index < -0.39 is 0 Å². The Kier molecular flexibility index (Phi) is 2.58. The first kappa shape index (κ1) is 11.1. The van der Waals surface area contributed by atoms with E-state index in [0.29, 0.717) is 6.04 Å². The van der Waals surface area contributed by atoms with Gasteiger partial charge in [-0.05, 0) is 25.0 Å². The van der Waals surface area contributed by atoms with Crippen LogP contribution in [0.15, 0.2) is 46.2 Å². The maximum Gasteiger partial charge on any atom is 0.205 e. The average molecular weight is 271 g/mol. The summed E-state index contributed by atoms with van der Waals surface area (Å²) in [5.41, 5.74) is 1.77. The molecule has 1 fully saturated rings. The minimum absolute atomic E-state index is 0.661. The molecule has 0 unspecified atom stereocenters. The second kappa shape index (κ2) is 4.42. The molecule has 1 aliphatic carbocycles. The molecule has 1 aromatic carbocycles. The molecular formula is C14H13N3OS. The Morgan fingerprint density at radius 2 is 2.21 bits per heavy atom. The minimum Gasteiger partial charge on any atom is -0.440 e. The van der Waals surface area contributed by atoms with Gasteiger partial charge in [0.1, 0.15) is 5.52 Å². The van der Waals surface area contributed by atoms with Crippen LogP contribution in [0.3, 0.4) is 0 Å². The van der Waals surface area contributed by atoms with Crippen molar-refractivity contribution in [1.29, 1.82) is 0 Å². The summed E-state index contributed by atoms with van der Waals surface area (Å²) in [6.45, 7) is 0. The van der Waals surface area contributed by atoms with Gasteiger partial charge in [0.25, 0.3) is 0 Å². The largest absolute Gasteiger partial charge is 0.440 e. The lowest BCUT2D eigenvalue weighted by molar-refractivity contribution is 0.555. The van der Waals surface area contributed by atoms with E-state index in [2.05, 4.69) is 20.7 Å². The zero-order chi connectivity index (χ0) is 12.7. The zero-order valence-electron chi connectivity index (χ0n) is 10.3. The summed E-state index contributed by atoms with van der Waals surface area (Å²) in [6, 6.07) is 8.51. The van der Waals surface area contributed by atoms with Gasteiger partial charge in [-0.25, -0.2) is 9.97 Å². The summed E-state index contributed by atoms with van der Waals surface area (Å²) >= 11 is 1.69. The minimum atomic E-state index is 0.661. The molecule has 5 heteroatoms. The van der Waals surface area contributed by atoms with Crippen LogP contribution < -0.4 is 0 Å². The van der Waals surface area contributed by atoms with Crippen LogP contribution in [0.1, 0.15) is 24.8 Å². The molecule has 0 spiro atoms. The van der Waals surface area contributed by atoms with Gasteiger partial charge < -0.3 is 8.98 Å². The highest BCUT2D eigenvalue weighted by Crippen LogP contribution is 2.38. The highest BCUT2D eigenvalue weighted by molar-refractivity contribution is 7.98. The van der Waals surface area contributed by atoms with Crippen molar-refractivity contribution in [3.8, 4) is 0 Å². The van der Waals surface area contributed by atoms with Crippen LogP contribution in [0.2, 0.25) is 0 Å². The SMILES string of the molecule is c1ccc2oc(CSc3nccn3C3CC3)nc2c1. The molecular weight excluding hydrogens is 258 g/mol. The van der Waals surface area contributed by atoms with E-state index in [1.807, 2.05) is 30.5 Å². The first-order valence-electron chi connectivity index (χ1n) is 6.40. The molecule has 4 nitrogen and oxygen atoms in total. The van der Waals surface area contributed by atoms with Crippen LogP contribution in [-0.2, 0) is 5.75 Å². The van der Waals surface area contributed by atoms with Gasteiger partial charge in [-0.3, -0.25) is 0 Å². The zero-order valence-corrected chi connectivity index (χ0v) is 11.1. The number of para-hydroxylation sites is 2. The Morgan fingerprint density at radius 3 is 3.05 bits per heavy atom. The molecule has 0 bridgehead atoms. The van der Waals surface area contributed by atoms with Gasteiger partial charge in [-0.1, -0.05) is 23.9 Å². The molecule has 3 aromatic rings. The highest BCUT2D eigenvalue weighted by Gasteiger charge is 2.25. The molecule has 19 heavy (non-hydrogen) atoms. The first-order chi connectivity index (χ1) is 9.40. The number of benzene rings is 1. The number of imidazole rings is 1. The number of aromatic nitrogens is 3. The smallest absolute Gasteiger partial charge is 0.205 e. The van der Waals surface area contributed by atoms with Gasteiger partial charge in [0.05, 0.1) is 5.75 Å². The summed E-state index contributed by atoms with van der Waals surface area (Å²) in [5.74, 6) is 1.48. The number of thioether (sulfide) groups is 1. The fourth-order valence-electron chi connectivity index (χ4n) is 2.15. The molecule has 2 heterocycles. The van der Waals surface area contributed by atoms with E-state index in [-0.39, 0.29) is 0 Å². The Labute approximate surface area is 114 Å². The van der Waals surface area contributed by atoms with Crippen molar-refractivity contribution in [2.75, 3.05) is 0 Å². The van der Waals surface area contributed by atoms with Crippen LogP contribution in [-0.4, -0.2) is 14.5 Å². The van der Waals surface area contributed by atoms with E-state index in [9.17, 15) is 0 Å². The lowest BCUT2D eigenvalue weighted by Crippen LogP contribution is -1.94. The summed E-state index contributed by atoms with van der Waals surface area (Å²) in [5, 5.41) is 1.06. The van der Waals surface area contributed by atoms with E-state index in [4.69, 9.17) is 4.42 Å². The Balaban J connectivity index is 1.53. The Bertz CT molecular complexity index is 681. The first-order valence-corrected chi connectivity index (χ1v) is 7.39. The lowest BCUT2D eigenvalue weighted by Gasteiger charge is -2.03. The van der Waals surface area contributed by atoms with E-state index in [1.165, 1.54) is 12.8 Å². The fraction of sp³-hybridized carbons (Fsp3) is 0.286. The molecule has 0 saturated heterocycles. The molecule has 0 radical (unpaired) electrons. The number of hydrogen-bond acceptors (Lipinski definition) is 4. The van der Waals surface area contributed by atoms with Gasteiger partial charge >= 0.3 is 0 Å². The number of rotatable bonds is 4. The third kappa shape index (κ3) is 2.14. The number of nitrogens with zero attached hydrogens (tertiary/aromatic N) is 3. The van der Waals surface area contributed by atoms with E-state index >= 15 is 0 Å². The van der Waals surface area contributed by atoms with Crippen LogP contribution >= 0.6 is 11.8 Å². The maximum absolute atomic E-state index is 5.71. The fourth-order valence-corrected chi connectivity index (χ4v) is 3.02. The van der Waals surface area contributed by atoms with Crippen LogP contribution in [0.25, 0.3) is 11.1 Å². The van der Waals surface area contributed by atoms with Crippen molar-refractivity contribution in [2.45, 2.75) is 29.8 Å². The quantitative estimate of drug-likeness (QED) is 0.679. The van der Waals surface area contributed by atoms with Gasteiger partial charge in [-0.2, -0.15) is 0 Å². The van der Waals surface area contributed by atoms with Crippen molar-refractivity contribution in [1.82, 2.24) is 14.5 Å². The predicted octanol–water partition coefficient (Wildman–Crippen LogP) is 3.65. The number of oxazole rings is 1. The second-order valence-corrected chi connectivity index (χ2v) is 5.65. The maximum atomic E-state index is 5.71. The van der Waals surface area contributed by atoms with Crippen LogP contribution in [0.4, 0.5) is 0 Å². The molecule has 0 amide bonds. The molecule has 0 aliphatic heterocycles. The predicted molar refractivity (Wildman–Crippen MR) is 74.1 cm³/mol. The molecule has 0 N–H and O–H groups in total. The highest BCUT2D eigenvalue weighted by atomic mass is 32.2. The molecule has 4 rings (SSSR count). The topological polar surface area (TPSA) is 43.9 Å². The average Bonchev–Trinajstić information content (AvgIpc) is 3.03. The lowest BCUT2D eigenvalue weighted by atomic mass is 10.3. The third-order valence-corrected chi connectivity index (χ3v) is 4.20. The van der Waals surface area contributed by atoms with Crippen molar-refractivity contribution in [3.63, 3.8) is 0 Å². The van der Waals surface area contributed by atoms with E-state index in [0.717, 1.165) is 27.9 Å². The van der Waals surface area contributed by atoms with Crippen molar-refractivity contribution >= 4 is 22.9 Å². The van der Waals surface area contributed by atoms with E-state index in [1.54, 1.807) is 11.8 Å². The molecule has 2 aromatic heterocycles. The normalized spacial score (nSPS) is 15.2. The van der Waals surface area contributed by atoms with Gasteiger partial charge in [0.2, 0.25) is 5.89 Å². The van der Waals surface area contributed by atoms with Gasteiger partial charge in [0, 0.05) is 18.4 Å². The summed E-state index contributed by atoms with van der Waals surface area (Å²) in [4.78, 5) is 8.88. The number of hydrogen-bond donors (Lipinski definition) is 0. The van der Waals surface area contributed by atoms with Crippen molar-refractivity contribution in [2.24, 2.45) is 0 Å². The van der Waals surface area contributed by atoms with Gasteiger partial charge in [0.15, 0.2) is 10.7 Å². The Morgan fingerprint density at radius 1 is 1.32 bits per heavy atom. The summed E-state index contributed by atoms with van der Waals surface area (Å²) in [7, 11) is 0. The van der Waals surface area contributed by atoms with Crippen molar-refractivity contribution < 1.29 is 4.42 Å². The summed E-state index contributed by atoms with van der Waals surface area (Å²) < 4.78 is 7.97. The Hall–Kier alpha value is -1.75. The number of fused-ring (bicyclic) bond motifs is 1. The monoisotopic (exact) mass is 271 g/mol. The van der Waals surface area contributed by atoms with Crippen LogP contribution in [0, 0.1) is 0 Å². The molecule has 0 atom stereocenters. The summed E-state index contributed by atoms with van der Waals surface area (Å²) in [6.07, 6.45) is 6.47. The molecule has 96 valence electrons.